The lowest BCUT2D eigenvalue weighted by Crippen LogP contribution is -2.08. The van der Waals surface area contributed by atoms with Gasteiger partial charge in [-0.15, -0.1) is 13.2 Å². The van der Waals surface area contributed by atoms with E-state index in [1.165, 1.54) is 5.56 Å². The van der Waals surface area contributed by atoms with Gasteiger partial charge in [-0.05, 0) is 36.8 Å². The van der Waals surface area contributed by atoms with Gasteiger partial charge >= 0.3 is 0 Å². The number of allylic oxidation sites excluding steroid dienone is 2. The average Bonchev–Trinajstić information content (AvgIpc) is 2.40. The Morgan fingerprint density at radius 1 is 1.11 bits per heavy atom. The summed E-state index contributed by atoms with van der Waals surface area (Å²) in [6, 6.07) is 11.7. The van der Waals surface area contributed by atoms with Crippen LogP contribution >= 0.6 is 0 Å². The van der Waals surface area contributed by atoms with Gasteiger partial charge in [-0.3, -0.25) is 0 Å². The van der Waals surface area contributed by atoms with Crippen LogP contribution in [0, 0.1) is 5.92 Å². The van der Waals surface area contributed by atoms with Crippen LogP contribution in [0.3, 0.4) is 0 Å². The molecule has 0 N–H and O–H groups in total. The second-order valence-electron chi connectivity index (χ2n) is 4.55. The van der Waals surface area contributed by atoms with Crippen LogP contribution in [0.5, 0.6) is 0 Å². The van der Waals surface area contributed by atoms with E-state index >= 15 is 0 Å². The first-order valence-corrected chi connectivity index (χ1v) is 8.28. The van der Waals surface area contributed by atoms with Crippen LogP contribution in [0.2, 0.25) is 0 Å². The minimum Gasteiger partial charge on any atom is -0.424 e. The fourth-order valence-electron chi connectivity index (χ4n) is 1.99. The predicted octanol–water partition coefficient (Wildman–Crippen LogP) is 3.45. The molecule has 0 aliphatic heterocycles. The van der Waals surface area contributed by atoms with Crippen LogP contribution in [-0.2, 0) is 10.5 Å². The van der Waals surface area contributed by atoms with Crippen LogP contribution in [-0.4, -0.2) is 16.4 Å². The van der Waals surface area contributed by atoms with Gasteiger partial charge in [0.15, 0.2) is 9.76 Å². The smallest absolute Gasteiger partial charge is 0.165 e. The number of rotatable bonds is 10. The van der Waals surface area contributed by atoms with E-state index in [2.05, 4.69) is 43.5 Å². The number of hydrogen-bond donors (Lipinski definition) is 0. The van der Waals surface area contributed by atoms with Gasteiger partial charge in [-0.25, -0.2) is 0 Å². The third-order valence-corrected chi connectivity index (χ3v) is 4.41. The van der Waals surface area contributed by atoms with Crippen molar-refractivity contribution >= 4 is 9.76 Å². The molecule has 0 saturated carbocycles. The molecule has 0 bridgehead atoms. The van der Waals surface area contributed by atoms with Crippen molar-refractivity contribution in [3.05, 3.63) is 61.2 Å². The zero-order chi connectivity index (χ0) is 13.1. The zero-order valence-corrected chi connectivity index (χ0v) is 12.6. The first kappa shape index (κ1) is 14.9. The molecule has 0 unspecified atom stereocenters. The lowest BCUT2D eigenvalue weighted by Gasteiger charge is -2.12. The van der Waals surface area contributed by atoms with E-state index in [0.717, 1.165) is 31.9 Å². The maximum absolute atomic E-state index is 5.83. The van der Waals surface area contributed by atoms with E-state index in [-0.39, 0.29) is 0 Å². The molecule has 0 spiro atoms. The Bertz CT molecular complexity index is 324. The molecule has 1 nitrogen and oxygen atoms in total. The highest BCUT2D eigenvalue weighted by Gasteiger charge is 2.04. The molecular weight excluding hydrogens is 236 g/mol. The summed E-state index contributed by atoms with van der Waals surface area (Å²) in [6.45, 7) is 8.50. The van der Waals surface area contributed by atoms with Crippen molar-refractivity contribution in [3.8, 4) is 0 Å². The molecule has 0 amide bonds. The fourth-order valence-corrected chi connectivity index (χ4v) is 3.07. The van der Waals surface area contributed by atoms with Crippen LogP contribution in [0.25, 0.3) is 0 Å². The quantitative estimate of drug-likeness (QED) is 0.356. The fraction of sp³-hybridized carbons (Fsp3) is 0.375. The maximum Gasteiger partial charge on any atom is 0.165 e. The molecule has 98 valence electrons. The van der Waals surface area contributed by atoms with Gasteiger partial charge in [0, 0.05) is 6.61 Å². The van der Waals surface area contributed by atoms with Crippen molar-refractivity contribution in [1.29, 1.82) is 0 Å². The van der Waals surface area contributed by atoms with Crippen molar-refractivity contribution in [3.63, 3.8) is 0 Å². The highest BCUT2D eigenvalue weighted by atomic mass is 28.2. The van der Waals surface area contributed by atoms with Gasteiger partial charge in [0.1, 0.15) is 0 Å². The van der Waals surface area contributed by atoms with Crippen molar-refractivity contribution in [1.82, 2.24) is 0 Å². The summed E-state index contributed by atoms with van der Waals surface area (Å²) in [5.74, 6) is 0.658. The third kappa shape index (κ3) is 6.57. The van der Waals surface area contributed by atoms with Crippen LogP contribution in [0.1, 0.15) is 24.8 Å². The van der Waals surface area contributed by atoms with E-state index in [4.69, 9.17) is 4.43 Å². The second kappa shape index (κ2) is 9.86. The summed E-state index contributed by atoms with van der Waals surface area (Å²) < 4.78 is 5.83. The van der Waals surface area contributed by atoms with E-state index < -0.39 is 9.76 Å². The summed E-state index contributed by atoms with van der Waals surface area (Å²) in [5.41, 5.74) is 1.40. The average molecular weight is 260 g/mol. The van der Waals surface area contributed by atoms with Crippen molar-refractivity contribution in [2.45, 2.75) is 25.3 Å². The Balaban J connectivity index is 2.10. The molecule has 18 heavy (non-hydrogen) atoms. The Morgan fingerprint density at radius 3 is 2.39 bits per heavy atom. The SMILES string of the molecule is C=CCC(CC=C)CCO[SiH2]Cc1ccccc1. The molecule has 0 radical (unpaired) electrons. The van der Waals surface area contributed by atoms with Gasteiger partial charge < -0.3 is 4.43 Å². The maximum atomic E-state index is 5.83. The molecule has 0 saturated heterocycles. The van der Waals surface area contributed by atoms with Crippen LogP contribution in [0.4, 0.5) is 0 Å². The Kier molecular flexibility index (Phi) is 8.18. The monoisotopic (exact) mass is 260 g/mol. The van der Waals surface area contributed by atoms with Crippen LogP contribution < -0.4 is 0 Å². The molecule has 0 heterocycles. The van der Waals surface area contributed by atoms with Gasteiger partial charge in [0.05, 0.1) is 0 Å². The summed E-state index contributed by atoms with van der Waals surface area (Å²) in [4.78, 5) is 0. The van der Waals surface area contributed by atoms with Crippen molar-refractivity contribution < 1.29 is 4.43 Å². The van der Waals surface area contributed by atoms with Crippen molar-refractivity contribution in [2.24, 2.45) is 5.92 Å². The minimum absolute atomic E-state index is 0.409. The first-order chi connectivity index (χ1) is 8.86. The molecule has 0 atom stereocenters. The number of hydrogen-bond acceptors (Lipinski definition) is 1. The molecule has 1 aromatic rings. The first-order valence-electron chi connectivity index (χ1n) is 6.70. The largest absolute Gasteiger partial charge is 0.424 e. The summed E-state index contributed by atoms with van der Waals surface area (Å²) in [5, 5.41) is 0. The van der Waals surface area contributed by atoms with E-state index in [1.54, 1.807) is 0 Å². The van der Waals surface area contributed by atoms with Crippen molar-refractivity contribution in [2.75, 3.05) is 6.61 Å². The predicted molar refractivity (Wildman–Crippen MR) is 82.4 cm³/mol. The highest BCUT2D eigenvalue weighted by Crippen LogP contribution is 2.14. The number of benzene rings is 1. The Morgan fingerprint density at radius 2 is 1.78 bits per heavy atom. The Labute approximate surface area is 114 Å². The van der Waals surface area contributed by atoms with E-state index in [0.29, 0.717) is 5.92 Å². The molecule has 1 rings (SSSR count). The zero-order valence-electron chi connectivity index (χ0n) is 11.2. The molecule has 0 aliphatic carbocycles. The van der Waals surface area contributed by atoms with Gasteiger partial charge in [0.25, 0.3) is 0 Å². The summed E-state index contributed by atoms with van der Waals surface area (Å²) >= 11 is 0. The molecule has 0 aromatic heterocycles. The minimum atomic E-state index is -0.409. The Hall–Kier alpha value is -1.12. The second-order valence-corrected chi connectivity index (χ2v) is 5.87. The normalized spacial score (nSPS) is 11.2. The van der Waals surface area contributed by atoms with Gasteiger partial charge in [-0.2, -0.15) is 0 Å². The van der Waals surface area contributed by atoms with Gasteiger partial charge in [0.2, 0.25) is 0 Å². The van der Waals surface area contributed by atoms with Gasteiger partial charge in [-0.1, -0.05) is 42.5 Å². The molecule has 1 aromatic carbocycles. The molecule has 0 fully saturated rings. The highest BCUT2D eigenvalue weighted by molar-refractivity contribution is 6.26. The van der Waals surface area contributed by atoms with E-state index in [1.807, 2.05) is 12.2 Å². The molecule has 2 heteroatoms. The topological polar surface area (TPSA) is 9.23 Å². The van der Waals surface area contributed by atoms with Crippen LogP contribution in [0.15, 0.2) is 55.6 Å². The molecular formula is C16H24OSi. The lowest BCUT2D eigenvalue weighted by atomic mass is 9.98. The molecule has 0 aliphatic rings. The van der Waals surface area contributed by atoms with E-state index in [9.17, 15) is 0 Å². The summed E-state index contributed by atoms with van der Waals surface area (Å²) in [7, 11) is -0.409. The summed E-state index contributed by atoms with van der Waals surface area (Å²) in [6.07, 6.45) is 7.25. The lowest BCUT2D eigenvalue weighted by molar-refractivity contribution is 0.290. The third-order valence-electron chi connectivity index (χ3n) is 3.05. The standard InChI is InChI=1S/C16H24OSi/c1-3-8-15(9-4-2)12-13-17-18-14-16-10-6-5-7-11-16/h3-7,10-11,15H,1-2,8-9,12-14,18H2.